The molecular weight excluding hydrogens is 305 g/mol. The normalized spacial score (nSPS) is 12.3. The smallest absolute Gasteiger partial charge is 0.0637 e. The second-order valence-corrected chi connectivity index (χ2v) is 5.71. The van der Waals surface area contributed by atoms with Crippen molar-refractivity contribution in [3.63, 3.8) is 0 Å². The molecule has 2 N–H and O–H groups in total. The molecule has 2 aromatic rings. The highest BCUT2D eigenvalue weighted by molar-refractivity contribution is 6.42. The SMILES string of the molecule is OCCCC(NCc1cccc(Cl)c1Cl)c1ccccc1. The van der Waals surface area contributed by atoms with Gasteiger partial charge >= 0.3 is 0 Å². The number of hydrogen-bond donors (Lipinski definition) is 2. The first-order valence-corrected chi connectivity index (χ1v) is 7.80. The number of aliphatic hydroxyl groups is 1. The fourth-order valence-corrected chi connectivity index (χ4v) is 2.67. The van der Waals surface area contributed by atoms with Crippen molar-refractivity contribution in [2.75, 3.05) is 6.61 Å². The van der Waals surface area contributed by atoms with E-state index in [1.807, 2.05) is 30.3 Å². The molecule has 1 atom stereocenters. The minimum absolute atomic E-state index is 0.188. The van der Waals surface area contributed by atoms with Gasteiger partial charge in [-0.3, -0.25) is 0 Å². The molecule has 0 aromatic heterocycles. The molecule has 0 saturated carbocycles. The quantitative estimate of drug-likeness (QED) is 0.780. The first kappa shape index (κ1) is 16.3. The lowest BCUT2D eigenvalue weighted by Gasteiger charge is -2.19. The minimum atomic E-state index is 0.188. The largest absolute Gasteiger partial charge is 0.396 e. The van der Waals surface area contributed by atoms with Gasteiger partial charge in [0.05, 0.1) is 10.0 Å². The van der Waals surface area contributed by atoms with Gasteiger partial charge in [-0.1, -0.05) is 65.7 Å². The number of halogens is 2. The van der Waals surface area contributed by atoms with Gasteiger partial charge in [0.2, 0.25) is 0 Å². The Bertz CT molecular complexity index is 560. The monoisotopic (exact) mass is 323 g/mol. The van der Waals surface area contributed by atoms with Crippen LogP contribution in [0.4, 0.5) is 0 Å². The van der Waals surface area contributed by atoms with Crippen LogP contribution in [0.2, 0.25) is 10.0 Å². The summed E-state index contributed by atoms with van der Waals surface area (Å²) in [4.78, 5) is 0. The average Bonchev–Trinajstić information content (AvgIpc) is 2.52. The van der Waals surface area contributed by atoms with E-state index in [0.717, 1.165) is 18.4 Å². The maximum absolute atomic E-state index is 9.06. The summed E-state index contributed by atoms with van der Waals surface area (Å²) in [5.41, 5.74) is 2.19. The Morgan fingerprint density at radius 2 is 1.76 bits per heavy atom. The molecule has 1 unspecified atom stereocenters. The molecule has 0 fully saturated rings. The van der Waals surface area contributed by atoms with Crippen molar-refractivity contribution in [1.82, 2.24) is 5.32 Å². The second kappa shape index (κ2) is 8.40. The molecule has 2 nitrogen and oxygen atoms in total. The van der Waals surface area contributed by atoms with E-state index in [4.69, 9.17) is 28.3 Å². The fourth-order valence-electron chi connectivity index (χ4n) is 2.29. The van der Waals surface area contributed by atoms with Crippen LogP contribution in [0.25, 0.3) is 0 Å². The van der Waals surface area contributed by atoms with Crippen molar-refractivity contribution in [2.24, 2.45) is 0 Å². The molecule has 0 aliphatic heterocycles. The molecule has 0 aliphatic carbocycles. The van der Waals surface area contributed by atoms with Gasteiger partial charge in [0, 0.05) is 19.2 Å². The van der Waals surface area contributed by atoms with E-state index < -0.39 is 0 Å². The summed E-state index contributed by atoms with van der Waals surface area (Å²) in [6.07, 6.45) is 1.63. The van der Waals surface area contributed by atoms with Crippen LogP contribution in [0, 0.1) is 0 Å². The van der Waals surface area contributed by atoms with Crippen LogP contribution < -0.4 is 5.32 Å². The summed E-state index contributed by atoms with van der Waals surface area (Å²) in [6, 6.07) is 16.1. The molecule has 0 aliphatic rings. The van der Waals surface area contributed by atoms with Crippen molar-refractivity contribution in [1.29, 1.82) is 0 Å². The van der Waals surface area contributed by atoms with Crippen LogP contribution >= 0.6 is 23.2 Å². The molecule has 0 radical (unpaired) electrons. The lowest BCUT2D eigenvalue weighted by Crippen LogP contribution is -2.21. The maximum atomic E-state index is 9.06. The Kier molecular flexibility index (Phi) is 6.52. The standard InChI is InChI=1S/C17H19Cl2NO/c18-15-9-4-8-14(17(15)19)12-20-16(10-5-11-21)13-6-2-1-3-7-13/h1-4,6-9,16,20-21H,5,10-12H2. The number of nitrogens with one attached hydrogen (secondary N) is 1. The molecule has 0 heterocycles. The predicted molar refractivity (Wildman–Crippen MR) is 88.8 cm³/mol. The molecule has 112 valence electrons. The zero-order chi connectivity index (χ0) is 15.1. The third kappa shape index (κ3) is 4.72. The van der Waals surface area contributed by atoms with Crippen LogP contribution in [0.15, 0.2) is 48.5 Å². The predicted octanol–water partition coefficient (Wildman–Crippen LogP) is 4.60. The Morgan fingerprint density at radius 1 is 1.00 bits per heavy atom. The first-order valence-electron chi connectivity index (χ1n) is 7.04. The van der Waals surface area contributed by atoms with Crippen LogP contribution in [0.5, 0.6) is 0 Å². The van der Waals surface area contributed by atoms with E-state index in [-0.39, 0.29) is 12.6 Å². The summed E-state index contributed by atoms with van der Waals surface area (Å²) in [5.74, 6) is 0. The van der Waals surface area contributed by atoms with Gasteiger partial charge in [0.15, 0.2) is 0 Å². The maximum Gasteiger partial charge on any atom is 0.0637 e. The molecule has 21 heavy (non-hydrogen) atoms. The van der Waals surface area contributed by atoms with Crippen LogP contribution in [0.1, 0.15) is 30.0 Å². The summed E-state index contributed by atoms with van der Waals surface area (Å²) in [5, 5.41) is 13.7. The van der Waals surface area contributed by atoms with Gasteiger partial charge < -0.3 is 10.4 Å². The average molecular weight is 324 g/mol. The molecule has 2 aromatic carbocycles. The van der Waals surface area contributed by atoms with Crippen LogP contribution in [-0.2, 0) is 6.54 Å². The molecule has 0 bridgehead atoms. The zero-order valence-corrected chi connectivity index (χ0v) is 13.2. The first-order chi connectivity index (χ1) is 10.2. The highest BCUT2D eigenvalue weighted by atomic mass is 35.5. The van der Waals surface area contributed by atoms with E-state index in [2.05, 4.69) is 17.4 Å². The van der Waals surface area contributed by atoms with Crippen molar-refractivity contribution >= 4 is 23.2 Å². The van der Waals surface area contributed by atoms with Crippen molar-refractivity contribution < 1.29 is 5.11 Å². The van der Waals surface area contributed by atoms with Gasteiger partial charge in [-0.25, -0.2) is 0 Å². The van der Waals surface area contributed by atoms with E-state index in [1.54, 1.807) is 6.07 Å². The number of hydrogen-bond acceptors (Lipinski definition) is 2. The third-order valence-electron chi connectivity index (χ3n) is 3.42. The highest BCUT2D eigenvalue weighted by Crippen LogP contribution is 2.26. The number of aliphatic hydroxyl groups excluding tert-OH is 1. The number of rotatable bonds is 7. The second-order valence-electron chi connectivity index (χ2n) is 4.92. The minimum Gasteiger partial charge on any atom is -0.396 e. The molecule has 0 amide bonds. The van der Waals surface area contributed by atoms with Crippen molar-refractivity contribution in [2.45, 2.75) is 25.4 Å². The van der Waals surface area contributed by atoms with Gasteiger partial charge in [-0.2, -0.15) is 0 Å². The fraction of sp³-hybridized carbons (Fsp3) is 0.294. The highest BCUT2D eigenvalue weighted by Gasteiger charge is 2.12. The molecule has 0 saturated heterocycles. The van der Waals surface area contributed by atoms with Gasteiger partial charge in [-0.15, -0.1) is 0 Å². The Labute approximate surface area is 135 Å². The summed E-state index contributed by atoms with van der Waals surface area (Å²) < 4.78 is 0. The van der Waals surface area contributed by atoms with E-state index >= 15 is 0 Å². The van der Waals surface area contributed by atoms with E-state index in [1.165, 1.54) is 5.56 Å². The topological polar surface area (TPSA) is 32.3 Å². The van der Waals surface area contributed by atoms with Crippen molar-refractivity contribution in [3.05, 3.63) is 69.7 Å². The molecule has 0 spiro atoms. The van der Waals surface area contributed by atoms with E-state index in [0.29, 0.717) is 16.6 Å². The van der Waals surface area contributed by atoms with Gasteiger partial charge in [0.25, 0.3) is 0 Å². The Morgan fingerprint density at radius 3 is 2.48 bits per heavy atom. The lowest BCUT2D eigenvalue weighted by atomic mass is 10.0. The van der Waals surface area contributed by atoms with Gasteiger partial charge in [0.1, 0.15) is 0 Å². The molecular formula is C17H19Cl2NO. The number of benzene rings is 2. The summed E-state index contributed by atoms with van der Waals surface area (Å²) in [6.45, 7) is 0.841. The van der Waals surface area contributed by atoms with Crippen molar-refractivity contribution in [3.8, 4) is 0 Å². The van der Waals surface area contributed by atoms with Gasteiger partial charge in [-0.05, 0) is 30.0 Å². The van der Waals surface area contributed by atoms with Crippen LogP contribution in [0.3, 0.4) is 0 Å². The van der Waals surface area contributed by atoms with Crippen LogP contribution in [-0.4, -0.2) is 11.7 Å². The summed E-state index contributed by atoms with van der Waals surface area (Å²) >= 11 is 12.3. The Hall–Kier alpha value is -1.06. The molecule has 2 rings (SSSR count). The summed E-state index contributed by atoms with van der Waals surface area (Å²) in [7, 11) is 0. The van der Waals surface area contributed by atoms with E-state index in [9.17, 15) is 0 Å². The molecule has 4 heteroatoms. The third-order valence-corrected chi connectivity index (χ3v) is 4.28. The lowest BCUT2D eigenvalue weighted by molar-refractivity contribution is 0.275. The Balaban J connectivity index is 2.07. The zero-order valence-electron chi connectivity index (χ0n) is 11.7.